The van der Waals surface area contributed by atoms with Gasteiger partial charge < -0.3 is 19.4 Å². The fourth-order valence-electron chi connectivity index (χ4n) is 3.94. The van der Waals surface area contributed by atoms with E-state index in [1.807, 2.05) is 54.1 Å². The number of ether oxygens (including phenoxy) is 2. The van der Waals surface area contributed by atoms with E-state index < -0.39 is 0 Å². The van der Waals surface area contributed by atoms with Crippen LogP contribution in [-0.4, -0.2) is 33.2 Å². The van der Waals surface area contributed by atoms with Crippen molar-refractivity contribution in [3.05, 3.63) is 89.3 Å². The second-order valence-corrected chi connectivity index (χ2v) is 7.82. The van der Waals surface area contributed by atoms with Gasteiger partial charge in [-0.3, -0.25) is 0 Å². The molecule has 162 valence electrons. The molecule has 7 nitrogen and oxygen atoms in total. The van der Waals surface area contributed by atoms with Crippen molar-refractivity contribution in [1.82, 2.24) is 19.5 Å². The topological polar surface area (TPSA) is 74.1 Å². The Balaban J connectivity index is 1.46. The van der Waals surface area contributed by atoms with Gasteiger partial charge in [0, 0.05) is 36.4 Å². The fraction of sp³-hybridized carbons (Fsp3) is 0.240. The summed E-state index contributed by atoms with van der Waals surface area (Å²) < 4.78 is 13.3. The second-order valence-electron chi connectivity index (χ2n) is 7.82. The maximum atomic E-state index is 5.70. The molecule has 0 spiro atoms. The zero-order valence-corrected chi connectivity index (χ0v) is 18.2. The van der Waals surface area contributed by atoms with E-state index in [0.717, 1.165) is 52.6 Å². The van der Waals surface area contributed by atoms with Crippen molar-refractivity contribution in [1.29, 1.82) is 0 Å². The predicted molar refractivity (Wildman–Crippen MR) is 123 cm³/mol. The Hall–Kier alpha value is -3.71. The monoisotopic (exact) mass is 427 g/mol. The summed E-state index contributed by atoms with van der Waals surface area (Å²) in [5.41, 5.74) is 7.11. The molecule has 1 aliphatic rings. The number of rotatable bonds is 6. The Kier molecular flexibility index (Phi) is 5.56. The van der Waals surface area contributed by atoms with E-state index in [0.29, 0.717) is 19.2 Å². The normalized spacial score (nSPS) is 12.9. The van der Waals surface area contributed by atoms with Crippen LogP contribution in [0.5, 0.6) is 5.75 Å². The summed E-state index contributed by atoms with van der Waals surface area (Å²) in [6, 6.07) is 16.3. The summed E-state index contributed by atoms with van der Waals surface area (Å²) in [6.45, 7) is 3.20. The summed E-state index contributed by atoms with van der Waals surface area (Å²) in [5, 5.41) is 3.37. The largest absolute Gasteiger partial charge is 0.494 e. The van der Waals surface area contributed by atoms with Gasteiger partial charge in [-0.1, -0.05) is 30.3 Å². The van der Waals surface area contributed by atoms with Crippen molar-refractivity contribution in [2.75, 3.05) is 19.0 Å². The van der Waals surface area contributed by atoms with Gasteiger partial charge in [0.15, 0.2) is 0 Å². The van der Waals surface area contributed by atoms with Crippen molar-refractivity contribution < 1.29 is 9.47 Å². The average Bonchev–Trinajstić information content (AvgIpc) is 3.25. The maximum Gasteiger partial charge on any atom is 0.227 e. The minimum Gasteiger partial charge on any atom is -0.494 e. The number of hydrogen-bond donors (Lipinski definition) is 1. The molecule has 0 amide bonds. The number of anilines is 2. The number of nitrogens with one attached hydrogen (secondary N) is 1. The zero-order valence-electron chi connectivity index (χ0n) is 18.2. The third-order valence-corrected chi connectivity index (χ3v) is 5.55. The minimum atomic E-state index is 0.560. The molecule has 1 aliphatic heterocycles. The summed E-state index contributed by atoms with van der Waals surface area (Å²) in [5.74, 6) is 1.33. The molecule has 0 fully saturated rings. The Morgan fingerprint density at radius 3 is 2.78 bits per heavy atom. The summed E-state index contributed by atoms with van der Waals surface area (Å²) in [7, 11) is 1.67. The first kappa shape index (κ1) is 20.2. The lowest BCUT2D eigenvalue weighted by Gasteiger charge is -2.20. The van der Waals surface area contributed by atoms with Gasteiger partial charge in [-0.05, 0) is 24.6 Å². The summed E-state index contributed by atoms with van der Waals surface area (Å²) >= 11 is 0. The van der Waals surface area contributed by atoms with Crippen LogP contribution in [0.15, 0.2) is 61.1 Å². The Labute approximate surface area is 187 Å². The van der Waals surface area contributed by atoms with Crippen LogP contribution in [0, 0.1) is 6.92 Å². The molecule has 7 heteroatoms. The van der Waals surface area contributed by atoms with Gasteiger partial charge in [-0.15, -0.1) is 0 Å². The van der Waals surface area contributed by atoms with E-state index >= 15 is 0 Å². The van der Waals surface area contributed by atoms with E-state index in [9.17, 15) is 0 Å². The van der Waals surface area contributed by atoms with Crippen molar-refractivity contribution >= 4 is 11.6 Å². The molecule has 32 heavy (non-hydrogen) atoms. The highest BCUT2D eigenvalue weighted by Gasteiger charge is 2.19. The first-order chi connectivity index (χ1) is 15.7. The number of aryl methyl sites for hydroxylation is 1. The lowest BCUT2D eigenvalue weighted by molar-refractivity contribution is 0.108. The molecular weight excluding hydrogens is 402 g/mol. The maximum absolute atomic E-state index is 5.70. The molecule has 4 aromatic rings. The van der Waals surface area contributed by atoms with Crippen LogP contribution in [0.3, 0.4) is 0 Å². The number of aromatic nitrogens is 4. The smallest absolute Gasteiger partial charge is 0.227 e. The minimum absolute atomic E-state index is 0.560. The van der Waals surface area contributed by atoms with Crippen LogP contribution in [0.2, 0.25) is 0 Å². The van der Waals surface area contributed by atoms with Gasteiger partial charge in [0.1, 0.15) is 5.75 Å². The number of nitrogens with zero attached hydrogens (tertiary/aromatic N) is 4. The van der Waals surface area contributed by atoms with Crippen LogP contribution in [-0.2, 0) is 24.2 Å². The molecule has 1 N–H and O–H groups in total. The number of fused-ring (bicyclic) bond motifs is 1. The van der Waals surface area contributed by atoms with Gasteiger partial charge in [-0.25, -0.2) is 15.0 Å². The standard InChI is InChI=1S/C25H25N5O2/c1-17-14-30(16-26-17)23-9-8-19(13-24(23)31-2)27-25-28-21-10-11-32-15-20(21)22(29-25)12-18-6-4-3-5-7-18/h3-9,13-14,16H,10-12,15H2,1-2H3,(H,27,28,29). The van der Waals surface area contributed by atoms with Crippen molar-refractivity contribution in [3.8, 4) is 11.4 Å². The van der Waals surface area contributed by atoms with Gasteiger partial charge in [0.2, 0.25) is 5.95 Å². The number of benzene rings is 2. The quantitative estimate of drug-likeness (QED) is 0.492. The van der Waals surface area contributed by atoms with Gasteiger partial charge in [-0.2, -0.15) is 0 Å². The van der Waals surface area contributed by atoms with Crippen LogP contribution >= 0.6 is 0 Å². The third-order valence-electron chi connectivity index (χ3n) is 5.55. The molecule has 0 saturated heterocycles. The molecule has 0 radical (unpaired) electrons. The number of hydrogen-bond acceptors (Lipinski definition) is 6. The molecule has 2 aromatic carbocycles. The lowest BCUT2D eigenvalue weighted by atomic mass is 10.0. The van der Waals surface area contributed by atoms with E-state index in [4.69, 9.17) is 19.4 Å². The number of imidazole rings is 1. The molecule has 2 aromatic heterocycles. The number of methoxy groups -OCH3 is 1. The molecule has 0 bridgehead atoms. The fourth-order valence-corrected chi connectivity index (χ4v) is 3.94. The van der Waals surface area contributed by atoms with Crippen molar-refractivity contribution in [2.24, 2.45) is 0 Å². The molecule has 3 heterocycles. The SMILES string of the molecule is COc1cc(Nc2nc3c(c(Cc4ccccc4)n2)COCC3)ccc1-n1cnc(C)c1. The molecule has 5 rings (SSSR count). The van der Waals surface area contributed by atoms with Crippen LogP contribution < -0.4 is 10.1 Å². The summed E-state index contributed by atoms with van der Waals surface area (Å²) in [6.07, 6.45) is 5.28. The summed E-state index contributed by atoms with van der Waals surface area (Å²) in [4.78, 5) is 14.0. The van der Waals surface area contributed by atoms with E-state index in [1.54, 1.807) is 13.4 Å². The molecular formula is C25H25N5O2. The lowest BCUT2D eigenvalue weighted by Crippen LogP contribution is -2.17. The highest BCUT2D eigenvalue weighted by molar-refractivity contribution is 5.62. The van der Waals surface area contributed by atoms with E-state index in [1.165, 1.54) is 5.56 Å². The van der Waals surface area contributed by atoms with Crippen LogP contribution in [0.25, 0.3) is 5.69 Å². The van der Waals surface area contributed by atoms with Crippen LogP contribution in [0.4, 0.5) is 11.6 Å². The molecule has 0 saturated carbocycles. The molecule has 0 aliphatic carbocycles. The first-order valence-electron chi connectivity index (χ1n) is 10.7. The van der Waals surface area contributed by atoms with Crippen LogP contribution in [0.1, 0.15) is 28.2 Å². The predicted octanol–water partition coefficient (Wildman–Crippen LogP) is 4.39. The van der Waals surface area contributed by atoms with Crippen molar-refractivity contribution in [2.45, 2.75) is 26.4 Å². The zero-order chi connectivity index (χ0) is 21.9. The third kappa shape index (κ3) is 4.20. The first-order valence-corrected chi connectivity index (χ1v) is 10.7. The van der Waals surface area contributed by atoms with Crippen molar-refractivity contribution in [3.63, 3.8) is 0 Å². The van der Waals surface area contributed by atoms with E-state index in [2.05, 4.69) is 22.4 Å². The Morgan fingerprint density at radius 2 is 2.00 bits per heavy atom. The highest BCUT2D eigenvalue weighted by Crippen LogP contribution is 2.29. The second kappa shape index (κ2) is 8.80. The van der Waals surface area contributed by atoms with Gasteiger partial charge in [0.05, 0.1) is 49.4 Å². The Bertz CT molecular complexity index is 1240. The van der Waals surface area contributed by atoms with Gasteiger partial charge >= 0.3 is 0 Å². The average molecular weight is 428 g/mol. The molecule has 0 atom stereocenters. The Morgan fingerprint density at radius 1 is 1.12 bits per heavy atom. The molecule has 0 unspecified atom stereocenters. The van der Waals surface area contributed by atoms with E-state index in [-0.39, 0.29) is 0 Å². The highest BCUT2D eigenvalue weighted by atomic mass is 16.5. The van der Waals surface area contributed by atoms with Gasteiger partial charge in [0.25, 0.3) is 0 Å².